The zero-order chi connectivity index (χ0) is 34.2. The average molecular weight is 661 g/mol. The molecule has 0 radical (unpaired) electrons. The van der Waals surface area contributed by atoms with E-state index in [0.717, 1.165) is 33.1 Å². The van der Waals surface area contributed by atoms with Gasteiger partial charge in [-0.2, -0.15) is 0 Å². The number of fused-ring (bicyclic) bond motifs is 9. The highest BCUT2D eigenvalue weighted by Crippen LogP contribution is 2.58. The van der Waals surface area contributed by atoms with E-state index in [2.05, 4.69) is 188 Å². The maximum atomic E-state index is 6.57. The Labute approximate surface area is 302 Å². The standard InChI is InChI=1S/C51H32O/c1-3-15-36(16-4-1)51(37-17-5-2-6-18-37)47-31-34(39-23-13-24-45-44-22-11-12-25-49(44)52-50(39)45)26-28-42(47)43-29-27-35(32-48(43)51)46-30-33-14-7-8-19-38(33)40-20-9-10-21-41(40)46/h1-32H. The molecule has 242 valence electrons. The maximum Gasteiger partial charge on any atom is 0.143 e. The van der Waals surface area contributed by atoms with Crippen LogP contribution in [-0.4, -0.2) is 0 Å². The zero-order valence-corrected chi connectivity index (χ0v) is 28.4. The molecule has 52 heavy (non-hydrogen) atoms. The highest BCUT2D eigenvalue weighted by atomic mass is 16.3. The van der Waals surface area contributed by atoms with Gasteiger partial charge in [0.1, 0.15) is 11.2 Å². The summed E-state index contributed by atoms with van der Waals surface area (Å²) in [6.07, 6.45) is 0. The van der Waals surface area contributed by atoms with Crippen molar-refractivity contribution >= 4 is 43.5 Å². The van der Waals surface area contributed by atoms with Crippen LogP contribution in [0, 0.1) is 0 Å². The predicted octanol–water partition coefficient (Wildman–Crippen LogP) is 13.6. The number of hydrogen-bond acceptors (Lipinski definition) is 1. The van der Waals surface area contributed by atoms with Crippen LogP contribution in [0.2, 0.25) is 0 Å². The minimum atomic E-state index is -0.548. The van der Waals surface area contributed by atoms with E-state index < -0.39 is 5.41 Å². The number of benzene rings is 9. The van der Waals surface area contributed by atoms with Crippen LogP contribution in [0.15, 0.2) is 199 Å². The Morgan fingerprint density at radius 2 is 0.865 bits per heavy atom. The van der Waals surface area contributed by atoms with Gasteiger partial charge in [-0.25, -0.2) is 0 Å². The summed E-state index contributed by atoms with van der Waals surface area (Å²) in [4.78, 5) is 0. The van der Waals surface area contributed by atoms with Gasteiger partial charge in [0.15, 0.2) is 0 Å². The molecular formula is C51H32O. The molecule has 10 aromatic rings. The van der Waals surface area contributed by atoms with E-state index >= 15 is 0 Å². The molecule has 1 aromatic heterocycles. The second-order valence-electron chi connectivity index (χ2n) is 14.0. The van der Waals surface area contributed by atoms with Crippen molar-refractivity contribution in [2.75, 3.05) is 0 Å². The summed E-state index contributed by atoms with van der Waals surface area (Å²) < 4.78 is 6.57. The van der Waals surface area contributed by atoms with Crippen molar-refractivity contribution in [2.45, 2.75) is 5.41 Å². The minimum Gasteiger partial charge on any atom is -0.455 e. The fourth-order valence-corrected chi connectivity index (χ4v) is 9.09. The Morgan fingerprint density at radius 1 is 0.327 bits per heavy atom. The SMILES string of the molecule is c1ccc(C2(c3ccccc3)c3cc(-c4cc5ccccc5c5ccccc45)ccc3-c3ccc(-c4cccc5c4oc4ccccc45)cc32)cc1. The lowest BCUT2D eigenvalue weighted by Crippen LogP contribution is -2.28. The first-order chi connectivity index (χ1) is 25.8. The van der Waals surface area contributed by atoms with Crippen LogP contribution in [0.5, 0.6) is 0 Å². The molecule has 11 rings (SSSR count). The van der Waals surface area contributed by atoms with Gasteiger partial charge in [0.25, 0.3) is 0 Å². The Balaban J connectivity index is 1.21. The van der Waals surface area contributed by atoms with Gasteiger partial charge in [0.2, 0.25) is 0 Å². The van der Waals surface area contributed by atoms with Gasteiger partial charge in [-0.1, -0.05) is 170 Å². The first kappa shape index (κ1) is 29.1. The van der Waals surface area contributed by atoms with E-state index in [1.807, 2.05) is 6.07 Å². The van der Waals surface area contributed by atoms with Crippen molar-refractivity contribution in [3.05, 3.63) is 216 Å². The van der Waals surface area contributed by atoms with Crippen molar-refractivity contribution in [3.8, 4) is 33.4 Å². The van der Waals surface area contributed by atoms with Crippen LogP contribution >= 0.6 is 0 Å². The molecule has 0 N–H and O–H groups in total. The lowest BCUT2D eigenvalue weighted by Gasteiger charge is -2.34. The Hall–Kier alpha value is -6.70. The summed E-state index contributed by atoms with van der Waals surface area (Å²) >= 11 is 0. The molecule has 0 spiro atoms. The molecular weight excluding hydrogens is 629 g/mol. The normalized spacial score (nSPS) is 13.2. The Bertz CT molecular complexity index is 2960. The van der Waals surface area contributed by atoms with Crippen molar-refractivity contribution in [1.29, 1.82) is 0 Å². The molecule has 1 aliphatic rings. The zero-order valence-electron chi connectivity index (χ0n) is 28.4. The molecule has 1 heterocycles. The van der Waals surface area contributed by atoms with Crippen LogP contribution in [0.4, 0.5) is 0 Å². The summed E-state index contributed by atoms with van der Waals surface area (Å²) in [5.41, 5.74) is 13.6. The summed E-state index contributed by atoms with van der Waals surface area (Å²) in [5.74, 6) is 0. The van der Waals surface area contributed by atoms with Gasteiger partial charge < -0.3 is 4.42 Å². The minimum absolute atomic E-state index is 0.548. The van der Waals surface area contributed by atoms with Crippen molar-refractivity contribution in [2.24, 2.45) is 0 Å². The van der Waals surface area contributed by atoms with Gasteiger partial charge in [-0.05, 0) is 95.9 Å². The molecule has 9 aromatic carbocycles. The van der Waals surface area contributed by atoms with E-state index in [4.69, 9.17) is 4.42 Å². The van der Waals surface area contributed by atoms with Gasteiger partial charge >= 0.3 is 0 Å². The Kier molecular flexibility index (Phi) is 6.23. The van der Waals surface area contributed by atoms with Gasteiger partial charge in [0, 0.05) is 16.3 Å². The molecule has 0 saturated heterocycles. The number of furan rings is 1. The summed E-state index contributed by atoms with van der Waals surface area (Å²) in [6.45, 7) is 0. The monoisotopic (exact) mass is 660 g/mol. The number of rotatable bonds is 4. The lowest BCUT2D eigenvalue weighted by molar-refractivity contribution is 0.670. The molecule has 0 fully saturated rings. The molecule has 1 aliphatic carbocycles. The van der Waals surface area contributed by atoms with Crippen LogP contribution in [0.1, 0.15) is 22.3 Å². The first-order valence-corrected chi connectivity index (χ1v) is 18.0. The van der Waals surface area contributed by atoms with Crippen LogP contribution in [0.25, 0.3) is 76.9 Å². The van der Waals surface area contributed by atoms with Crippen molar-refractivity contribution in [1.82, 2.24) is 0 Å². The molecule has 1 heteroatoms. The molecule has 0 atom stereocenters. The van der Waals surface area contributed by atoms with E-state index in [1.54, 1.807) is 0 Å². The molecule has 0 amide bonds. The first-order valence-electron chi connectivity index (χ1n) is 18.0. The fraction of sp³-hybridized carbons (Fsp3) is 0.0196. The average Bonchev–Trinajstić information content (AvgIpc) is 3.74. The maximum absolute atomic E-state index is 6.57. The summed E-state index contributed by atoms with van der Waals surface area (Å²) in [7, 11) is 0. The van der Waals surface area contributed by atoms with E-state index in [9.17, 15) is 0 Å². The summed E-state index contributed by atoms with van der Waals surface area (Å²) in [5, 5.41) is 7.36. The second-order valence-corrected chi connectivity index (χ2v) is 14.0. The second kappa shape index (κ2) is 11.2. The molecule has 1 nitrogen and oxygen atoms in total. The smallest absolute Gasteiger partial charge is 0.143 e. The highest BCUT2D eigenvalue weighted by molar-refractivity contribution is 6.14. The van der Waals surface area contributed by atoms with E-state index in [-0.39, 0.29) is 0 Å². The predicted molar refractivity (Wildman–Crippen MR) is 217 cm³/mol. The van der Waals surface area contributed by atoms with Gasteiger partial charge in [0.05, 0.1) is 5.41 Å². The van der Waals surface area contributed by atoms with E-state index in [0.29, 0.717) is 0 Å². The quantitative estimate of drug-likeness (QED) is 0.171. The topological polar surface area (TPSA) is 13.1 Å². The van der Waals surface area contributed by atoms with Crippen molar-refractivity contribution < 1.29 is 4.42 Å². The van der Waals surface area contributed by atoms with Crippen LogP contribution in [-0.2, 0) is 5.41 Å². The molecule has 0 bridgehead atoms. The van der Waals surface area contributed by atoms with Crippen LogP contribution < -0.4 is 0 Å². The number of para-hydroxylation sites is 2. The van der Waals surface area contributed by atoms with Gasteiger partial charge in [-0.15, -0.1) is 0 Å². The molecule has 0 saturated carbocycles. The Morgan fingerprint density at radius 3 is 1.56 bits per heavy atom. The number of hydrogen-bond donors (Lipinski definition) is 0. The molecule has 0 unspecified atom stereocenters. The third-order valence-electron chi connectivity index (χ3n) is 11.3. The lowest BCUT2D eigenvalue weighted by atomic mass is 9.67. The summed E-state index contributed by atoms with van der Waals surface area (Å²) in [6, 6.07) is 71.2. The third kappa shape index (κ3) is 4.05. The van der Waals surface area contributed by atoms with Gasteiger partial charge in [-0.3, -0.25) is 0 Å². The van der Waals surface area contributed by atoms with Crippen LogP contribution in [0.3, 0.4) is 0 Å². The largest absolute Gasteiger partial charge is 0.455 e. The van der Waals surface area contributed by atoms with Crippen molar-refractivity contribution in [3.63, 3.8) is 0 Å². The molecule has 0 aliphatic heterocycles. The highest BCUT2D eigenvalue weighted by Gasteiger charge is 2.46. The third-order valence-corrected chi connectivity index (χ3v) is 11.3. The fourth-order valence-electron chi connectivity index (χ4n) is 9.09. The van der Waals surface area contributed by atoms with E-state index in [1.165, 1.54) is 66.1 Å².